The van der Waals surface area contributed by atoms with Crippen LogP contribution in [0.2, 0.25) is 0 Å². The Hall–Kier alpha value is -0.220. The minimum Gasteiger partial charge on any atom is -0.480 e. The van der Waals surface area contributed by atoms with E-state index in [9.17, 15) is 4.79 Å². The molecule has 0 radical (unpaired) electrons. The molecule has 2 unspecified atom stereocenters. The van der Waals surface area contributed by atoms with E-state index in [2.05, 4.69) is 0 Å². The van der Waals surface area contributed by atoms with Gasteiger partial charge in [0.15, 0.2) is 0 Å². The van der Waals surface area contributed by atoms with Crippen molar-refractivity contribution in [1.29, 1.82) is 0 Å². The molecule has 0 saturated heterocycles. The molecule has 70 valence electrons. The first-order valence-electron chi connectivity index (χ1n) is 4.14. The molecular formula is C8H14O3S. The molecule has 4 heteroatoms. The van der Waals surface area contributed by atoms with Crippen molar-refractivity contribution >= 4 is 17.7 Å². The lowest BCUT2D eigenvalue weighted by atomic mass is 10.3. The maximum absolute atomic E-state index is 10.7. The Labute approximate surface area is 76.2 Å². The van der Waals surface area contributed by atoms with Crippen LogP contribution in [0.15, 0.2) is 0 Å². The van der Waals surface area contributed by atoms with E-state index >= 15 is 0 Å². The molecule has 0 aliphatic heterocycles. The van der Waals surface area contributed by atoms with Gasteiger partial charge >= 0.3 is 5.97 Å². The van der Waals surface area contributed by atoms with Gasteiger partial charge in [-0.25, -0.2) is 0 Å². The molecule has 1 aliphatic rings. The topological polar surface area (TPSA) is 57.5 Å². The molecule has 0 spiro atoms. The zero-order valence-corrected chi connectivity index (χ0v) is 7.88. The van der Waals surface area contributed by atoms with Gasteiger partial charge in [0.05, 0.1) is 6.61 Å². The number of carboxylic acid groups (broad SMARTS) is 1. The SMILES string of the molecule is CC(CO)SC(C(=O)O)C1CC1. The molecular weight excluding hydrogens is 176 g/mol. The lowest BCUT2D eigenvalue weighted by Crippen LogP contribution is -2.22. The van der Waals surface area contributed by atoms with Gasteiger partial charge in [-0.1, -0.05) is 6.92 Å². The Kier molecular flexibility index (Phi) is 3.40. The van der Waals surface area contributed by atoms with Crippen LogP contribution in [0.3, 0.4) is 0 Å². The van der Waals surface area contributed by atoms with Crippen LogP contribution in [-0.2, 0) is 4.79 Å². The summed E-state index contributed by atoms with van der Waals surface area (Å²) in [6, 6.07) is 0. The first kappa shape index (κ1) is 9.86. The maximum Gasteiger partial charge on any atom is 0.316 e. The largest absolute Gasteiger partial charge is 0.480 e. The molecule has 3 nitrogen and oxygen atoms in total. The summed E-state index contributed by atoms with van der Waals surface area (Å²) in [6.45, 7) is 1.91. The molecule has 1 fully saturated rings. The molecule has 0 aromatic heterocycles. The van der Waals surface area contributed by atoms with Gasteiger partial charge in [-0.15, -0.1) is 11.8 Å². The smallest absolute Gasteiger partial charge is 0.316 e. The van der Waals surface area contributed by atoms with Crippen molar-refractivity contribution in [3.63, 3.8) is 0 Å². The van der Waals surface area contributed by atoms with Crippen LogP contribution in [0.25, 0.3) is 0 Å². The number of carboxylic acids is 1. The molecule has 0 bridgehead atoms. The molecule has 1 rings (SSSR count). The number of hydrogen-bond acceptors (Lipinski definition) is 3. The fraction of sp³-hybridized carbons (Fsp3) is 0.875. The summed E-state index contributed by atoms with van der Waals surface area (Å²) < 4.78 is 0. The molecule has 0 aromatic carbocycles. The molecule has 0 amide bonds. The van der Waals surface area contributed by atoms with E-state index in [1.807, 2.05) is 6.92 Å². The van der Waals surface area contributed by atoms with Gasteiger partial charge in [0.2, 0.25) is 0 Å². The second-order valence-corrected chi connectivity index (χ2v) is 4.81. The average Bonchev–Trinajstić information content (AvgIpc) is 2.81. The summed E-state index contributed by atoms with van der Waals surface area (Å²) in [5.41, 5.74) is 0. The molecule has 2 N–H and O–H groups in total. The number of aliphatic hydroxyl groups is 1. The van der Waals surface area contributed by atoms with Crippen molar-refractivity contribution in [1.82, 2.24) is 0 Å². The Morgan fingerprint density at radius 3 is 2.58 bits per heavy atom. The van der Waals surface area contributed by atoms with Gasteiger partial charge in [-0.05, 0) is 18.8 Å². The molecule has 1 saturated carbocycles. The summed E-state index contributed by atoms with van der Waals surface area (Å²) in [6.07, 6.45) is 2.06. The van der Waals surface area contributed by atoms with Crippen molar-refractivity contribution in [2.24, 2.45) is 5.92 Å². The van der Waals surface area contributed by atoms with Crippen molar-refractivity contribution < 1.29 is 15.0 Å². The molecule has 12 heavy (non-hydrogen) atoms. The quantitative estimate of drug-likeness (QED) is 0.678. The van der Waals surface area contributed by atoms with Gasteiger partial charge in [0.25, 0.3) is 0 Å². The Morgan fingerprint density at radius 2 is 2.25 bits per heavy atom. The summed E-state index contributed by atoms with van der Waals surface area (Å²) in [7, 11) is 0. The van der Waals surface area contributed by atoms with E-state index in [0.717, 1.165) is 12.8 Å². The van der Waals surface area contributed by atoms with Crippen LogP contribution in [0.5, 0.6) is 0 Å². The Balaban J connectivity index is 2.37. The van der Waals surface area contributed by atoms with Gasteiger partial charge in [-0.3, -0.25) is 4.79 Å². The van der Waals surface area contributed by atoms with Gasteiger partial charge in [-0.2, -0.15) is 0 Å². The maximum atomic E-state index is 10.7. The van der Waals surface area contributed by atoms with E-state index in [4.69, 9.17) is 10.2 Å². The molecule has 0 aromatic rings. The number of aliphatic carboxylic acids is 1. The first-order valence-corrected chi connectivity index (χ1v) is 5.08. The van der Waals surface area contributed by atoms with Crippen LogP contribution in [-0.4, -0.2) is 33.3 Å². The third kappa shape index (κ3) is 2.68. The number of carbonyl (C=O) groups is 1. The zero-order chi connectivity index (χ0) is 9.14. The summed E-state index contributed by atoms with van der Waals surface area (Å²) >= 11 is 1.37. The first-order chi connectivity index (χ1) is 5.65. The van der Waals surface area contributed by atoms with Gasteiger partial charge < -0.3 is 10.2 Å². The van der Waals surface area contributed by atoms with Gasteiger partial charge in [0, 0.05) is 5.25 Å². The lowest BCUT2D eigenvalue weighted by Gasteiger charge is -2.14. The number of aliphatic hydroxyl groups excluding tert-OH is 1. The molecule has 1 aliphatic carbocycles. The standard InChI is InChI=1S/C8H14O3S/c1-5(4-9)12-7(8(10)11)6-2-3-6/h5-7,9H,2-4H2,1H3,(H,10,11). The highest BCUT2D eigenvalue weighted by molar-refractivity contribution is 8.01. The second kappa shape index (κ2) is 4.14. The van der Waals surface area contributed by atoms with E-state index in [0.29, 0.717) is 5.92 Å². The highest BCUT2D eigenvalue weighted by atomic mass is 32.2. The zero-order valence-electron chi connectivity index (χ0n) is 7.06. The average molecular weight is 190 g/mol. The van der Waals surface area contributed by atoms with Crippen LogP contribution < -0.4 is 0 Å². The predicted octanol–water partition coefficient (Wildman–Crippen LogP) is 0.964. The summed E-state index contributed by atoms with van der Waals surface area (Å²) in [5.74, 6) is -0.385. The number of hydrogen-bond donors (Lipinski definition) is 2. The summed E-state index contributed by atoms with van der Waals surface area (Å²) in [4.78, 5) is 10.7. The van der Waals surface area contributed by atoms with Crippen molar-refractivity contribution in [3.05, 3.63) is 0 Å². The predicted molar refractivity (Wildman–Crippen MR) is 48.3 cm³/mol. The second-order valence-electron chi connectivity index (χ2n) is 3.23. The Morgan fingerprint density at radius 1 is 1.67 bits per heavy atom. The van der Waals surface area contributed by atoms with Crippen LogP contribution in [0.4, 0.5) is 0 Å². The van der Waals surface area contributed by atoms with E-state index in [1.54, 1.807) is 0 Å². The number of rotatable bonds is 5. The third-order valence-electron chi connectivity index (χ3n) is 1.93. The minimum atomic E-state index is -0.734. The highest BCUT2D eigenvalue weighted by Gasteiger charge is 2.37. The van der Waals surface area contributed by atoms with Crippen LogP contribution in [0.1, 0.15) is 19.8 Å². The van der Waals surface area contributed by atoms with Crippen molar-refractivity contribution in [2.75, 3.05) is 6.61 Å². The van der Waals surface area contributed by atoms with Crippen molar-refractivity contribution in [3.8, 4) is 0 Å². The normalized spacial score (nSPS) is 21.8. The Bertz CT molecular complexity index is 168. The number of thioether (sulfide) groups is 1. The lowest BCUT2D eigenvalue weighted by molar-refractivity contribution is -0.136. The van der Waals surface area contributed by atoms with E-state index < -0.39 is 5.97 Å². The van der Waals surface area contributed by atoms with Crippen LogP contribution in [0, 0.1) is 5.92 Å². The summed E-state index contributed by atoms with van der Waals surface area (Å²) in [5, 5.41) is 17.3. The third-order valence-corrected chi connectivity index (χ3v) is 3.42. The monoisotopic (exact) mass is 190 g/mol. The van der Waals surface area contributed by atoms with E-state index in [1.165, 1.54) is 11.8 Å². The van der Waals surface area contributed by atoms with Crippen LogP contribution >= 0.6 is 11.8 Å². The molecule has 0 heterocycles. The van der Waals surface area contributed by atoms with Crippen molar-refractivity contribution in [2.45, 2.75) is 30.3 Å². The fourth-order valence-electron chi connectivity index (χ4n) is 1.06. The minimum absolute atomic E-state index is 0.0340. The van der Waals surface area contributed by atoms with Gasteiger partial charge in [0.1, 0.15) is 5.25 Å². The molecule has 2 atom stereocenters. The fourth-order valence-corrected chi connectivity index (χ4v) is 2.26. The van der Waals surface area contributed by atoms with E-state index in [-0.39, 0.29) is 17.1 Å². The highest BCUT2D eigenvalue weighted by Crippen LogP contribution is 2.40.